The predicted octanol–water partition coefficient (Wildman–Crippen LogP) is 3.68. The van der Waals surface area contributed by atoms with E-state index in [0.29, 0.717) is 5.02 Å². The lowest BCUT2D eigenvalue weighted by Gasteiger charge is -1.96. The summed E-state index contributed by atoms with van der Waals surface area (Å²) in [7, 11) is 0. The Balaban J connectivity index is 2.98. The first-order valence-electron chi connectivity index (χ1n) is 2.75. The van der Waals surface area contributed by atoms with E-state index < -0.39 is 0 Å². The highest BCUT2D eigenvalue weighted by atomic mass is 79.9. The molecule has 1 nitrogen and oxygen atoms in total. The van der Waals surface area contributed by atoms with Gasteiger partial charge in [0, 0.05) is 9.37 Å². The van der Waals surface area contributed by atoms with Crippen molar-refractivity contribution in [3.63, 3.8) is 0 Å². The molecule has 0 unspecified atom stereocenters. The van der Waals surface area contributed by atoms with Gasteiger partial charge in [-0.25, -0.2) is 0 Å². The number of thiocyanates is 1. The quantitative estimate of drug-likeness (QED) is 0.559. The van der Waals surface area contributed by atoms with Crippen LogP contribution in [-0.4, -0.2) is 0 Å². The standard InChI is InChI=1S/C7H3BrClNS/c8-6-3-5(11-4-10)1-2-7(6)9/h1-3H. The van der Waals surface area contributed by atoms with Crippen LogP contribution in [-0.2, 0) is 0 Å². The molecule has 0 aliphatic rings. The molecule has 1 rings (SSSR count). The Bertz CT molecular complexity index is 308. The van der Waals surface area contributed by atoms with Gasteiger partial charge >= 0.3 is 0 Å². The fourth-order valence-corrected chi connectivity index (χ4v) is 1.66. The normalized spacial score (nSPS) is 9.18. The van der Waals surface area contributed by atoms with Gasteiger partial charge in [0.05, 0.1) is 5.02 Å². The molecule has 0 heterocycles. The van der Waals surface area contributed by atoms with Crippen molar-refractivity contribution < 1.29 is 0 Å². The van der Waals surface area contributed by atoms with Gasteiger partial charge in [-0.05, 0) is 45.9 Å². The summed E-state index contributed by atoms with van der Waals surface area (Å²) in [5, 5.41) is 11.0. The second-order valence-electron chi connectivity index (χ2n) is 1.77. The van der Waals surface area contributed by atoms with Gasteiger partial charge in [0.1, 0.15) is 5.40 Å². The molecule has 0 atom stereocenters. The molecule has 1 aromatic rings. The molecule has 1 aromatic carbocycles. The smallest absolute Gasteiger partial charge is 0.138 e. The molecular weight excluding hydrogens is 246 g/mol. The Labute approximate surface area is 82.5 Å². The number of nitriles is 1. The summed E-state index contributed by atoms with van der Waals surface area (Å²) in [5.41, 5.74) is 0. The second kappa shape index (κ2) is 4.01. The molecule has 0 amide bonds. The van der Waals surface area contributed by atoms with Crippen molar-refractivity contribution in [3.8, 4) is 5.40 Å². The number of thioether (sulfide) groups is 1. The zero-order valence-electron chi connectivity index (χ0n) is 5.34. The van der Waals surface area contributed by atoms with Gasteiger partial charge in [0.25, 0.3) is 0 Å². The molecule has 0 fully saturated rings. The lowest BCUT2D eigenvalue weighted by atomic mass is 10.4. The van der Waals surface area contributed by atoms with E-state index in [2.05, 4.69) is 15.9 Å². The van der Waals surface area contributed by atoms with E-state index in [9.17, 15) is 0 Å². The lowest BCUT2D eigenvalue weighted by molar-refractivity contribution is 1.44. The molecule has 0 spiro atoms. The van der Waals surface area contributed by atoms with Crippen molar-refractivity contribution in [2.24, 2.45) is 0 Å². The van der Waals surface area contributed by atoms with Crippen molar-refractivity contribution >= 4 is 39.3 Å². The minimum absolute atomic E-state index is 0.660. The summed E-state index contributed by atoms with van der Waals surface area (Å²) >= 11 is 10.1. The number of hydrogen-bond donors (Lipinski definition) is 0. The third-order valence-corrected chi connectivity index (χ3v) is 2.85. The first-order valence-corrected chi connectivity index (χ1v) is 4.74. The predicted molar refractivity (Wildman–Crippen MR) is 50.6 cm³/mol. The van der Waals surface area contributed by atoms with Crippen LogP contribution in [0.15, 0.2) is 27.6 Å². The highest BCUT2D eigenvalue weighted by Crippen LogP contribution is 2.27. The van der Waals surface area contributed by atoms with Crippen LogP contribution in [0.25, 0.3) is 0 Å². The summed E-state index contributed by atoms with van der Waals surface area (Å²) in [6.07, 6.45) is 0. The SMILES string of the molecule is N#CSc1ccc(Cl)c(Br)c1. The van der Waals surface area contributed by atoms with Crippen LogP contribution in [0.5, 0.6) is 0 Å². The molecule has 0 aliphatic carbocycles. The fraction of sp³-hybridized carbons (Fsp3) is 0. The van der Waals surface area contributed by atoms with E-state index in [-0.39, 0.29) is 0 Å². The van der Waals surface area contributed by atoms with E-state index in [4.69, 9.17) is 16.9 Å². The maximum atomic E-state index is 8.34. The van der Waals surface area contributed by atoms with Crippen molar-refractivity contribution in [1.82, 2.24) is 0 Å². The van der Waals surface area contributed by atoms with Crippen LogP contribution in [0.2, 0.25) is 5.02 Å². The number of halogens is 2. The maximum absolute atomic E-state index is 8.34. The van der Waals surface area contributed by atoms with E-state index in [1.54, 1.807) is 12.1 Å². The molecular formula is C7H3BrClNS. The molecule has 0 saturated heterocycles. The van der Waals surface area contributed by atoms with Gasteiger partial charge < -0.3 is 0 Å². The molecule has 4 heteroatoms. The molecule has 0 aromatic heterocycles. The van der Waals surface area contributed by atoms with Crippen LogP contribution in [0.4, 0.5) is 0 Å². The summed E-state index contributed by atoms with van der Waals surface area (Å²) in [4.78, 5) is 0.892. The maximum Gasteiger partial charge on any atom is 0.138 e. The second-order valence-corrected chi connectivity index (χ2v) is 3.89. The molecule has 0 saturated carbocycles. The van der Waals surface area contributed by atoms with E-state index in [1.807, 2.05) is 11.5 Å². The lowest BCUT2D eigenvalue weighted by Crippen LogP contribution is -1.70. The molecule has 0 bridgehead atoms. The first kappa shape index (κ1) is 8.92. The average molecular weight is 249 g/mol. The number of hydrogen-bond acceptors (Lipinski definition) is 2. The Morgan fingerprint density at radius 2 is 2.27 bits per heavy atom. The van der Waals surface area contributed by atoms with Gasteiger partial charge in [-0.2, -0.15) is 5.26 Å². The van der Waals surface area contributed by atoms with Crippen LogP contribution in [0.3, 0.4) is 0 Å². The van der Waals surface area contributed by atoms with Crippen molar-refractivity contribution in [2.75, 3.05) is 0 Å². The Morgan fingerprint density at radius 3 is 2.82 bits per heavy atom. The third kappa shape index (κ3) is 2.41. The summed E-state index contributed by atoms with van der Waals surface area (Å²) < 4.78 is 0.819. The molecule has 56 valence electrons. The minimum Gasteiger partial charge on any atom is -0.185 e. The van der Waals surface area contributed by atoms with E-state index in [1.165, 1.54) is 0 Å². The number of rotatable bonds is 1. The van der Waals surface area contributed by atoms with Gasteiger partial charge in [-0.15, -0.1) is 0 Å². The van der Waals surface area contributed by atoms with Crippen LogP contribution in [0.1, 0.15) is 0 Å². The van der Waals surface area contributed by atoms with Gasteiger partial charge in [-0.3, -0.25) is 0 Å². The average Bonchev–Trinajstić information content (AvgIpc) is 1.98. The Morgan fingerprint density at radius 1 is 1.55 bits per heavy atom. The van der Waals surface area contributed by atoms with Crippen molar-refractivity contribution in [3.05, 3.63) is 27.7 Å². The monoisotopic (exact) mass is 247 g/mol. The molecule has 0 radical (unpaired) electrons. The van der Waals surface area contributed by atoms with Crippen molar-refractivity contribution in [1.29, 1.82) is 5.26 Å². The Kier molecular flexibility index (Phi) is 3.25. The van der Waals surface area contributed by atoms with Crippen LogP contribution < -0.4 is 0 Å². The molecule has 0 N–H and O–H groups in total. The minimum atomic E-state index is 0.660. The highest BCUT2D eigenvalue weighted by molar-refractivity contribution is 9.10. The van der Waals surface area contributed by atoms with Gasteiger partial charge in [0.2, 0.25) is 0 Å². The largest absolute Gasteiger partial charge is 0.185 e. The van der Waals surface area contributed by atoms with Gasteiger partial charge in [-0.1, -0.05) is 11.6 Å². The van der Waals surface area contributed by atoms with E-state index in [0.717, 1.165) is 21.1 Å². The molecule has 11 heavy (non-hydrogen) atoms. The zero-order chi connectivity index (χ0) is 8.27. The Hall–Kier alpha value is -0.170. The highest BCUT2D eigenvalue weighted by Gasteiger charge is 1.97. The third-order valence-electron chi connectivity index (χ3n) is 1.05. The van der Waals surface area contributed by atoms with Crippen LogP contribution >= 0.6 is 39.3 Å². The van der Waals surface area contributed by atoms with E-state index >= 15 is 0 Å². The zero-order valence-corrected chi connectivity index (χ0v) is 8.50. The van der Waals surface area contributed by atoms with Crippen molar-refractivity contribution in [2.45, 2.75) is 4.90 Å². The number of benzene rings is 1. The number of nitrogens with zero attached hydrogens (tertiary/aromatic N) is 1. The summed E-state index contributed by atoms with van der Waals surface area (Å²) in [6, 6.07) is 5.38. The topological polar surface area (TPSA) is 23.8 Å². The van der Waals surface area contributed by atoms with Gasteiger partial charge in [0.15, 0.2) is 0 Å². The summed E-state index contributed by atoms with van der Waals surface area (Å²) in [5.74, 6) is 0. The van der Waals surface area contributed by atoms with Crippen LogP contribution in [0, 0.1) is 10.7 Å². The molecule has 0 aliphatic heterocycles. The summed E-state index contributed by atoms with van der Waals surface area (Å²) in [6.45, 7) is 0. The fourth-order valence-electron chi connectivity index (χ4n) is 0.593. The first-order chi connectivity index (χ1) is 5.24.